The zero-order valence-corrected chi connectivity index (χ0v) is 19.9. The topological polar surface area (TPSA) is 94.3 Å². The van der Waals surface area contributed by atoms with E-state index < -0.39 is 5.97 Å². The van der Waals surface area contributed by atoms with Crippen molar-refractivity contribution in [3.05, 3.63) is 63.5 Å². The van der Waals surface area contributed by atoms with E-state index >= 15 is 0 Å². The summed E-state index contributed by atoms with van der Waals surface area (Å²) in [4.78, 5) is 32.1. The molecule has 0 spiro atoms. The van der Waals surface area contributed by atoms with Crippen molar-refractivity contribution >= 4 is 55.5 Å². The first-order valence-corrected chi connectivity index (χ1v) is 12.5. The second kappa shape index (κ2) is 8.61. The van der Waals surface area contributed by atoms with Crippen LogP contribution in [-0.2, 0) is 17.6 Å². The number of amides is 1. The molecule has 3 heterocycles. The molecule has 8 heteroatoms. The highest BCUT2D eigenvalue weighted by molar-refractivity contribution is 7.21. The molecule has 3 N–H and O–H groups in total. The summed E-state index contributed by atoms with van der Waals surface area (Å²) in [6.07, 6.45) is 2.78. The van der Waals surface area contributed by atoms with E-state index in [1.807, 2.05) is 35.7 Å². The number of hydrogen-bond acceptors (Lipinski definition) is 7. The molecule has 33 heavy (non-hydrogen) atoms. The molecule has 1 aromatic carbocycles. The molecule has 3 aromatic heterocycles. The number of rotatable bonds is 5. The van der Waals surface area contributed by atoms with Crippen molar-refractivity contribution in [2.75, 3.05) is 11.1 Å². The van der Waals surface area contributed by atoms with Gasteiger partial charge in [-0.25, -0.2) is 9.78 Å². The molecule has 1 aliphatic carbocycles. The minimum atomic E-state index is -0.470. The highest BCUT2D eigenvalue weighted by Crippen LogP contribution is 2.39. The van der Waals surface area contributed by atoms with Gasteiger partial charge in [-0.2, -0.15) is 0 Å². The number of fused-ring (bicyclic) bond motifs is 2. The van der Waals surface area contributed by atoms with Gasteiger partial charge in [-0.15, -0.1) is 22.7 Å². The number of hydrogen-bond donors (Lipinski definition) is 2. The third-order valence-electron chi connectivity index (χ3n) is 5.61. The second-order valence-electron chi connectivity index (χ2n) is 8.27. The van der Waals surface area contributed by atoms with Crippen LogP contribution in [0.3, 0.4) is 0 Å². The summed E-state index contributed by atoms with van der Waals surface area (Å²) < 4.78 is 5.49. The summed E-state index contributed by atoms with van der Waals surface area (Å²) in [6.45, 7) is 3.60. The number of aromatic nitrogens is 1. The molecule has 0 radical (unpaired) electrons. The largest absolute Gasteiger partial charge is 0.459 e. The summed E-state index contributed by atoms with van der Waals surface area (Å²) in [7, 11) is 0. The van der Waals surface area contributed by atoms with Crippen molar-refractivity contribution in [2.45, 2.75) is 39.2 Å². The molecular weight excluding hydrogens is 454 g/mol. The maximum atomic E-state index is 13.2. The van der Waals surface area contributed by atoms with E-state index in [9.17, 15) is 9.59 Å². The maximum absolute atomic E-state index is 13.2. The summed E-state index contributed by atoms with van der Waals surface area (Å²) in [5.41, 5.74) is 11.1. The monoisotopic (exact) mass is 477 g/mol. The van der Waals surface area contributed by atoms with Crippen LogP contribution in [0.15, 0.2) is 41.8 Å². The molecule has 5 rings (SSSR count). The predicted molar refractivity (Wildman–Crippen MR) is 134 cm³/mol. The average Bonchev–Trinajstić information content (AvgIpc) is 3.50. The lowest BCUT2D eigenvalue weighted by atomic mass is 10.0. The quantitative estimate of drug-likeness (QED) is 0.348. The number of nitrogens with zero attached hydrogens (tertiary/aromatic N) is 1. The molecule has 0 saturated carbocycles. The van der Waals surface area contributed by atoms with Gasteiger partial charge in [-0.3, -0.25) is 4.79 Å². The Hall–Kier alpha value is -3.23. The molecule has 0 unspecified atom stereocenters. The fourth-order valence-corrected chi connectivity index (χ4v) is 6.03. The third kappa shape index (κ3) is 4.00. The van der Waals surface area contributed by atoms with Crippen LogP contribution in [0.1, 0.15) is 51.6 Å². The number of nitrogens with one attached hydrogen (secondary N) is 1. The Labute approximate surface area is 199 Å². The van der Waals surface area contributed by atoms with Gasteiger partial charge in [0.15, 0.2) is 0 Å². The Morgan fingerprint density at radius 3 is 2.73 bits per heavy atom. The number of ether oxygens (including phenoxy) is 1. The van der Waals surface area contributed by atoms with Crippen LogP contribution in [0.4, 0.5) is 10.7 Å². The summed E-state index contributed by atoms with van der Waals surface area (Å²) in [5.74, 6) is -0.821. The standard InChI is InChI=1S/C25H23N3O3S2/c1-13(2)31-25(30)19-17(14-7-4-3-5-8-14)12-32-24(19)28-22(29)21-20(26)16-11-15-9-6-10-18(15)27-23(16)33-21/h3-5,7-8,11-13H,6,9-10,26H2,1-2H3,(H,28,29). The normalized spacial score (nSPS) is 12.8. The molecule has 1 aliphatic rings. The highest BCUT2D eigenvalue weighted by atomic mass is 32.1. The number of anilines is 2. The van der Waals surface area contributed by atoms with Crippen molar-refractivity contribution < 1.29 is 14.3 Å². The van der Waals surface area contributed by atoms with Crippen molar-refractivity contribution in [3.63, 3.8) is 0 Å². The Balaban J connectivity index is 1.51. The van der Waals surface area contributed by atoms with Gasteiger partial charge in [0, 0.05) is 22.0 Å². The van der Waals surface area contributed by atoms with Gasteiger partial charge < -0.3 is 15.8 Å². The third-order valence-corrected chi connectivity index (χ3v) is 7.61. The van der Waals surface area contributed by atoms with E-state index in [4.69, 9.17) is 15.5 Å². The number of nitrogen functional groups attached to an aromatic ring is 1. The lowest BCUT2D eigenvalue weighted by Crippen LogP contribution is -2.16. The summed E-state index contributed by atoms with van der Waals surface area (Å²) >= 11 is 2.58. The zero-order chi connectivity index (χ0) is 23.1. The maximum Gasteiger partial charge on any atom is 0.342 e. The number of nitrogens with two attached hydrogens (primary N) is 1. The number of benzene rings is 1. The molecule has 6 nitrogen and oxygen atoms in total. The first-order valence-electron chi connectivity index (χ1n) is 10.8. The fourth-order valence-electron chi connectivity index (χ4n) is 4.08. The Bertz CT molecular complexity index is 1370. The van der Waals surface area contributed by atoms with E-state index in [-0.39, 0.29) is 12.0 Å². The number of aryl methyl sites for hydroxylation is 2. The first kappa shape index (κ1) is 21.6. The van der Waals surface area contributed by atoms with E-state index in [0.717, 1.165) is 46.3 Å². The molecule has 4 aromatic rings. The van der Waals surface area contributed by atoms with Crippen molar-refractivity contribution in [3.8, 4) is 11.1 Å². The Morgan fingerprint density at radius 1 is 1.18 bits per heavy atom. The molecule has 168 valence electrons. The van der Waals surface area contributed by atoms with Crippen LogP contribution in [-0.4, -0.2) is 23.0 Å². The van der Waals surface area contributed by atoms with Crippen LogP contribution in [0.5, 0.6) is 0 Å². The van der Waals surface area contributed by atoms with Crippen molar-refractivity contribution in [1.29, 1.82) is 0 Å². The van der Waals surface area contributed by atoms with Crippen molar-refractivity contribution in [1.82, 2.24) is 4.98 Å². The van der Waals surface area contributed by atoms with E-state index in [1.54, 1.807) is 13.8 Å². The summed E-state index contributed by atoms with van der Waals surface area (Å²) in [5, 5.41) is 6.04. The van der Waals surface area contributed by atoms with Crippen LogP contribution < -0.4 is 11.1 Å². The SMILES string of the molecule is CC(C)OC(=O)c1c(-c2ccccc2)csc1NC(=O)c1sc2nc3c(cc2c1N)CCC3. The fraction of sp³-hybridized carbons (Fsp3) is 0.240. The molecule has 1 amide bonds. The Kier molecular flexibility index (Phi) is 5.64. The molecular formula is C25H23N3O3S2. The molecule has 0 bridgehead atoms. The highest BCUT2D eigenvalue weighted by Gasteiger charge is 2.26. The van der Waals surface area contributed by atoms with Gasteiger partial charge in [0.05, 0.1) is 11.8 Å². The minimum absolute atomic E-state index is 0.282. The Morgan fingerprint density at radius 2 is 1.97 bits per heavy atom. The number of pyridine rings is 1. The molecule has 0 saturated heterocycles. The lowest BCUT2D eigenvalue weighted by Gasteiger charge is -2.11. The van der Waals surface area contributed by atoms with Crippen LogP contribution in [0.2, 0.25) is 0 Å². The number of carbonyl (C=O) groups excluding carboxylic acids is 2. The number of thiophene rings is 2. The van der Waals surface area contributed by atoms with Crippen LogP contribution in [0, 0.1) is 0 Å². The average molecular weight is 478 g/mol. The molecule has 0 atom stereocenters. The second-order valence-corrected chi connectivity index (χ2v) is 10.2. The van der Waals surface area contributed by atoms with Gasteiger partial charge in [0.2, 0.25) is 0 Å². The van der Waals surface area contributed by atoms with E-state index in [0.29, 0.717) is 21.1 Å². The smallest absolute Gasteiger partial charge is 0.342 e. The first-order chi connectivity index (χ1) is 15.9. The summed E-state index contributed by atoms with van der Waals surface area (Å²) in [6, 6.07) is 11.6. The van der Waals surface area contributed by atoms with Crippen LogP contribution in [0.25, 0.3) is 21.3 Å². The van der Waals surface area contributed by atoms with Gasteiger partial charge in [0.1, 0.15) is 20.3 Å². The minimum Gasteiger partial charge on any atom is -0.459 e. The molecule has 0 fully saturated rings. The lowest BCUT2D eigenvalue weighted by molar-refractivity contribution is 0.0380. The van der Waals surface area contributed by atoms with E-state index in [2.05, 4.69) is 11.4 Å². The van der Waals surface area contributed by atoms with Gasteiger partial charge in [-0.05, 0) is 50.3 Å². The number of esters is 1. The predicted octanol–water partition coefficient (Wildman–Crippen LogP) is 5.91. The van der Waals surface area contributed by atoms with Crippen molar-refractivity contribution in [2.24, 2.45) is 0 Å². The van der Waals surface area contributed by atoms with Gasteiger partial charge >= 0.3 is 5.97 Å². The zero-order valence-electron chi connectivity index (χ0n) is 18.3. The van der Waals surface area contributed by atoms with Gasteiger partial charge in [0.25, 0.3) is 5.91 Å². The van der Waals surface area contributed by atoms with E-state index in [1.165, 1.54) is 28.2 Å². The van der Waals surface area contributed by atoms with Crippen LogP contribution >= 0.6 is 22.7 Å². The number of carbonyl (C=O) groups is 2. The van der Waals surface area contributed by atoms with Gasteiger partial charge in [-0.1, -0.05) is 30.3 Å². The molecule has 0 aliphatic heterocycles.